The molecule has 0 radical (unpaired) electrons. The molecule has 2 aromatic carbocycles. The number of aromatic nitrogens is 2. The zero-order chi connectivity index (χ0) is 14.1. The first-order valence-corrected chi connectivity index (χ1v) is 6.23. The number of nitrogen functional groups attached to an aromatic ring is 1. The first-order chi connectivity index (χ1) is 9.65. The van der Waals surface area contributed by atoms with E-state index in [4.69, 9.17) is 10.5 Å². The van der Waals surface area contributed by atoms with Gasteiger partial charge >= 0.3 is 0 Å². The molecule has 0 saturated heterocycles. The molecule has 0 bridgehead atoms. The fourth-order valence-electron chi connectivity index (χ4n) is 2.11. The molecule has 0 fully saturated rings. The molecule has 0 spiro atoms. The Kier molecular flexibility index (Phi) is 3.02. The van der Waals surface area contributed by atoms with Crippen LogP contribution in [0, 0.1) is 5.82 Å². The van der Waals surface area contributed by atoms with Crippen LogP contribution in [0.15, 0.2) is 42.5 Å². The van der Waals surface area contributed by atoms with Crippen LogP contribution in [0.4, 0.5) is 10.1 Å². The van der Waals surface area contributed by atoms with Crippen LogP contribution in [-0.2, 0) is 13.7 Å². The van der Waals surface area contributed by atoms with E-state index in [1.54, 1.807) is 18.2 Å². The van der Waals surface area contributed by atoms with E-state index in [0.29, 0.717) is 22.8 Å². The number of aryl methyl sites for hydroxylation is 1. The molecule has 102 valence electrons. The number of anilines is 1. The molecular formula is C15H14FN3O. The van der Waals surface area contributed by atoms with Crippen LogP contribution in [0.5, 0.6) is 5.75 Å². The lowest BCUT2D eigenvalue weighted by Crippen LogP contribution is -2.03. The third kappa shape index (κ3) is 2.18. The topological polar surface area (TPSA) is 53.1 Å². The Morgan fingerprint density at radius 1 is 1.25 bits per heavy atom. The molecule has 2 N–H and O–H groups in total. The van der Waals surface area contributed by atoms with Gasteiger partial charge in [-0.3, -0.25) is 0 Å². The minimum atomic E-state index is -0.326. The van der Waals surface area contributed by atoms with Gasteiger partial charge < -0.3 is 15.0 Å². The number of nitrogens with two attached hydrogens (primary N) is 1. The number of rotatable bonds is 3. The first-order valence-electron chi connectivity index (χ1n) is 6.23. The van der Waals surface area contributed by atoms with Crippen LogP contribution in [0.2, 0.25) is 0 Å². The normalized spacial score (nSPS) is 10.9. The number of fused-ring (bicyclic) bond motifs is 1. The lowest BCUT2D eigenvalue weighted by atomic mass is 10.3. The Morgan fingerprint density at radius 3 is 2.80 bits per heavy atom. The van der Waals surface area contributed by atoms with Crippen LogP contribution in [0.1, 0.15) is 5.82 Å². The van der Waals surface area contributed by atoms with E-state index in [1.807, 2.05) is 29.8 Å². The Balaban J connectivity index is 1.88. The van der Waals surface area contributed by atoms with Crippen molar-refractivity contribution in [2.24, 2.45) is 7.05 Å². The van der Waals surface area contributed by atoms with Crippen LogP contribution in [0.25, 0.3) is 11.0 Å². The van der Waals surface area contributed by atoms with E-state index >= 15 is 0 Å². The molecule has 1 aromatic heterocycles. The van der Waals surface area contributed by atoms with Gasteiger partial charge in [-0.05, 0) is 24.3 Å². The zero-order valence-electron chi connectivity index (χ0n) is 11.0. The number of ether oxygens (including phenoxy) is 1. The number of halogens is 1. The van der Waals surface area contributed by atoms with E-state index in [9.17, 15) is 4.39 Å². The summed E-state index contributed by atoms with van der Waals surface area (Å²) in [5.41, 5.74) is 7.43. The predicted molar refractivity (Wildman–Crippen MR) is 75.9 cm³/mol. The van der Waals surface area contributed by atoms with Crippen LogP contribution in [0.3, 0.4) is 0 Å². The Bertz CT molecular complexity index is 767. The van der Waals surface area contributed by atoms with Crippen molar-refractivity contribution in [2.45, 2.75) is 6.61 Å². The second kappa shape index (κ2) is 4.85. The van der Waals surface area contributed by atoms with Crippen LogP contribution in [-0.4, -0.2) is 9.55 Å². The third-order valence-corrected chi connectivity index (χ3v) is 3.18. The average Bonchev–Trinajstić information content (AvgIpc) is 2.75. The number of hydrogen-bond acceptors (Lipinski definition) is 3. The molecule has 20 heavy (non-hydrogen) atoms. The van der Waals surface area contributed by atoms with Gasteiger partial charge in [-0.1, -0.05) is 12.1 Å². The van der Waals surface area contributed by atoms with E-state index in [-0.39, 0.29) is 12.4 Å². The van der Waals surface area contributed by atoms with Crippen molar-refractivity contribution in [2.75, 3.05) is 5.73 Å². The lowest BCUT2D eigenvalue weighted by Gasteiger charge is -2.06. The molecule has 3 aromatic rings. The SMILES string of the molecule is Cn1c(COc2cccc(N)c2)nc2c(F)cccc21. The number of nitrogens with zero attached hydrogens (tertiary/aromatic N) is 2. The molecule has 0 aliphatic carbocycles. The summed E-state index contributed by atoms with van der Waals surface area (Å²) in [6, 6.07) is 12.1. The third-order valence-electron chi connectivity index (χ3n) is 3.18. The zero-order valence-corrected chi connectivity index (χ0v) is 11.0. The van der Waals surface area contributed by atoms with Gasteiger partial charge in [0.25, 0.3) is 0 Å². The number of benzene rings is 2. The van der Waals surface area contributed by atoms with Gasteiger partial charge in [-0.2, -0.15) is 0 Å². The highest BCUT2D eigenvalue weighted by Crippen LogP contribution is 2.20. The van der Waals surface area contributed by atoms with Gasteiger partial charge in [0.1, 0.15) is 23.7 Å². The summed E-state index contributed by atoms with van der Waals surface area (Å²) in [6.45, 7) is 0.258. The smallest absolute Gasteiger partial charge is 0.151 e. The minimum Gasteiger partial charge on any atom is -0.486 e. The lowest BCUT2D eigenvalue weighted by molar-refractivity contribution is 0.292. The standard InChI is InChI=1S/C15H14FN3O/c1-19-13-7-3-6-12(16)15(13)18-14(19)9-20-11-5-2-4-10(17)8-11/h2-8H,9,17H2,1H3. The van der Waals surface area contributed by atoms with Gasteiger partial charge in [0.15, 0.2) is 5.82 Å². The molecule has 3 rings (SSSR count). The molecule has 0 aliphatic rings. The highest BCUT2D eigenvalue weighted by atomic mass is 19.1. The quantitative estimate of drug-likeness (QED) is 0.745. The monoisotopic (exact) mass is 271 g/mol. The predicted octanol–water partition coefficient (Wildman–Crippen LogP) is 2.87. The van der Waals surface area contributed by atoms with Crippen molar-refractivity contribution < 1.29 is 9.13 Å². The van der Waals surface area contributed by atoms with Crippen molar-refractivity contribution in [3.8, 4) is 5.75 Å². The van der Waals surface area contributed by atoms with Gasteiger partial charge in [-0.25, -0.2) is 9.37 Å². The maximum atomic E-state index is 13.7. The van der Waals surface area contributed by atoms with Gasteiger partial charge in [0.2, 0.25) is 0 Å². The first kappa shape index (κ1) is 12.5. The Hall–Kier alpha value is -2.56. The van der Waals surface area contributed by atoms with Gasteiger partial charge in [0.05, 0.1) is 5.52 Å². The summed E-state index contributed by atoms with van der Waals surface area (Å²) >= 11 is 0. The Labute approximate surface area is 115 Å². The number of imidazole rings is 1. The second-order valence-corrected chi connectivity index (χ2v) is 4.56. The molecule has 0 saturated carbocycles. The highest BCUT2D eigenvalue weighted by molar-refractivity contribution is 5.76. The highest BCUT2D eigenvalue weighted by Gasteiger charge is 2.11. The molecule has 1 heterocycles. The summed E-state index contributed by atoms with van der Waals surface area (Å²) in [4.78, 5) is 4.28. The van der Waals surface area contributed by atoms with E-state index in [1.165, 1.54) is 6.07 Å². The van der Waals surface area contributed by atoms with E-state index in [2.05, 4.69) is 4.98 Å². The van der Waals surface area contributed by atoms with E-state index < -0.39 is 0 Å². The van der Waals surface area contributed by atoms with Crippen LogP contribution >= 0.6 is 0 Å². The molecule has 0 amide bonds. The van der Waals surface area contributed by atoms with Crippen molar-refractivity contribution in [1.82, 2.24) is 9.55 Å². The largest absolute Gasteiger partial charge is 0.486 e. The van der Waals surface area contributed by atoms with Crippen molar-refractivity contribution >= 4 is 16.7 Å². The molecule has 0 unspecified atom stereocenters. The van der Waals surface area contributed by atoms with Gasteiger partial charge in [0, 0.05) is 18.8 Å². The molecule has 4 nitrogen and oxygen atoms in total. The minimum absolute atomic E-state index is 0.258. The summed E-state index contributed by atoms with van der Waals surface area (Å²) < 4.78 is 21.1. The van der Waals surface area contributed by atoms with Crippen LogP contribution < -0.4 is 10.5 Å². The maximum Gasteiger partial charge on any atom is 0.151 e. The Morgan fingerprint density at radius 2 is 2.05 bits per heavy atom. The summed E-state index contributed by atoms with van der Waals surface area (Å²) in [7, 11) is 1.84. The van der Waals surface area contributed by atoms with Crippen molar-refractivity contribution in [1.29, 1.82) is 0 Å². The van der Waals surface area contributed by atoms with Crippen molar-refractivity contribution in [3.05, 3.63) is 54.1 Å². The average molecular weight is 271 g/mol. The number of para-hydroxylation sites is 1. The molecule has 0 atom stereocenters. The van der Waals surface area contributed by atoms with Crippen molar-refractivity contribution in [3.63, 3.8) is 0 Å². The fraction of sp³-hybridized carbons (Fsp3) is 0.133. The van der Waals surface area contributed by atoms with E-state index in [0.717, 1.165) is 5.52 Å². The van der Waals surface area contributed by atoms with Gasteiger partial charge in [-0.15, -0.1) is 0 Å². The summed E-state index contributed by atoms with van der Waals surface area (Å²) in [6.07, 6.45) is 0. The maximum absolute atomic E-state index is 13.7. The number of hydrogen-bond donors (Lipinski definition) is 1. The summed E-state index contributed by atoms with van der Waals surface area (Å²) in [5, 5.41) is 0. The molecule has 0 aliphatic heterocycles. The fourth-order valence-corrected chi connectivity index (χ4v) is 2.11. The second-order valence-electron chi connectivity index (χ2n) is 4.56. The summed E-state index contributed by atoms with van der Waals surface area (Å²) in [5.74, 6) is 0.998. The molecular weight excluding hydrogens is 257 g/mol. The molecule has 5 heteroatoms.